The number of carboxylic acids is 1. The average Bonchev–Trinajstić information content (AvgIpc) is 3.16. The summed E-state index contributed by atoms with van der Waals surface area (Å²) in [6, 6.07) is 11.1. The van der Waals surface area contributed by atoms with Crippen LogP contribution in [0.4, 0.5) is 11.4 Å². The van der Waals surface area contributed by atoms with Gasteiger partial charge < -0.3 is 20.3 Å². The van der Waals surface area contributed by atoms with Crippen molar-refractivity contribution in [3.8, 4) is 11.1 Å². The Kier molecular flexibility index (Phi) is 7.64. The zero-order chi connectivity index (χ0) is 25.1. The molecule has 35 heavy (non-hydrogen) atoms. The summed E-state index contributed by atoms with van der Waals surface area (Å²) in [6.45, 7) is 2.07. The fourth-order valence-electron chi connectivity index (χ4n) is 4.38. The summed E-state index contributed by atoms with van der Waals surface area (Å²) in [5.41, 5.74) is 4.58. The Morgan fingerprint density at radius 1 is 1.09 bits per heavy atom. The van der Waals surface area contributed by atoms with E-state index >= 15 is 0 Å². The molecular weight excluding hydrogens is 489 g/mol. The number of hydrogen-bond donors (Lipinski definition) is 3. The van der Waals surface area contributed by atoms with Crippen molar-refractivity contribution in [3.05, 3.63) is 63.7 Å². The highest BCUT2D eigenvalue weighted by Crippen LogP contribution is 2.40. The minimum Gasteiger partial charge on any atom is -0.481 e. The minimum absolute atomic E-state index is 0.142. The third-order valence-corrected chi connectivity index (χ3v) is 7.02. The van der Waals surface area contributed by atoms with E-state index in [1.807, 2.05) is 41.9 Å². The van der Waals surface area contributed by atoms with Crippen LogP contribution in [-0.4, -0.2) is 51.6 Å². The first-order valence-electron chi connectivity index (χ1n) is 11.3. The van der Waals surface area contributed by atoms with Gasteiger partial charge in [-0.3, -0.25) is 14.5 Å². The van der Waals surface area contributed by atoms with E-state index in [1.165, 1.54) is 0 Å². The minimum atomic E-state index is -0.792. The number of fused-ring (bicyclic) bond motifs is 1. The van der Waals surface area contributed by atoms with Crippen LogP contribution in [0.5, 0.6) is 0 Å². The van der Waals surface area contributed by atoms with Gasteiger partial charge in [-0.25, -0.2) is 4.98 Å². The quantitative estimate of drug-likeness (QED) is 0.394. The number of hydrogen-bond acceptors (Lipinski definition) is 5. The van der Waals surface area contributed by atoms with Crippen LogP contribution in [0.1, 0.15) is 34.8 Å². The number of imidazole rings is 1. The number of aromatic nitrogens is 2. The summed E-state index contributed by atoms with van der Waals surface area (Å²) in [7, 11) is 3.63. The van der Waals surface area contributed by atoms with E-state index in [9.17, 15) is 9.59 Å². The zero-order valence-electron chi connectivity index (χ0n) is 19.6. The first kappa shape index (κ1) is 25.0. The number of rotatable bonds is 8. The van der Waals surface area contributed by atoms with Crippen molar-refractivity contribution in [1.29, 1.82) is 0 Å². The summed E-state index contributed by atoms with van der Waals surface area (Å²) in [6.07, 6.45) is 1.47. The molecule has 184 valence electrons. The van der Waals surface area contributed by atoms with E-state index < -0.39 is 5.97 Å². The molecule has 1 amide bonds. The fourth-order valence-corrected chi connectivity index (χ4v) is 4.98. The Bertz CT molecular complexity index is 1270. The van der Waals surface area contributed by atoms with Crippen LogP contribution in [0.15, 0.2) is 36.4 Å². The maximum absolute atomic E-state index is 13.2. The van der Waals surface area contributed by atoms with Gasteiger partial charge in [0.1, 0.15) is 0 Å². The number of nitrogens with one attached hydrogen (secondary N) is 2. The van der Waals surface area contributed by atoms with Gasteiger partial charge in [0.05, 0.1) is 27.1 Å². The lowest BCUT2D eigenvalue weighted by atomic mass is 10.0. The van der Waals surface area contributed by atoms with Crippen molar-refractivity contribution >= 4 is 46.5 Å². The van der Waals surface area contributed by atoms with Gasteiger partial charge in [0.15, 0.2) is 5.82 Å². The van der Waals surface area contributed by atoms with Gasteiger partial charge in [-0.2, -0.15) is 0 Å². The molecule has 0 bridgehead atoms. The second-order valence-corrected chi connectivity index (χ2v) is 9.21. The highest BCUT2D eigenvalue weighted by Gasteiger charge is 2.26. The highest BCUT2D eigenvalue weighted by atomic mass is 35.5. The van der Waals surface area contributed by atoms with Crippen LogP contribution in [0.25, 0.3) is 11.1 Å². The average molecular weight is 516 g/mol. The molecular formula is C25H27Cl2N5O3. The topological polar surface area (TPSA) is 99.5 Å². The van der Waals surface area contributed by atoms with Crippen molar-refractivity contribution in [2.75, 3.05) is 30.8 Å². The molecule has 3 N–H and O–H groups in total. The third-order valence-electron chi connectivity index (χ3n) is 6.21. The molecule has 2 heterocycles. The second kappa shape index (κ2) is 10.7. The Morgan fingerprint density at radius 2 is 1.74 bits per heavy atom. The van der Waals surface area contributed by atoms with Gasteiger partial charge in [-0.15, -0.1) is 0 Å². The maximum atomic E-state index is 13.2. The lowest BCUT2D eigenvalue weighted by molar-refractivity contribution is -0.137. The smallest absolute Gasteiger partial charge is 0.303 e. The lowest BCUT2D eigenvalue weighted by Gasteiger charge is -2.26. The summed E-state index contributed by atoms with van der Waals surface area (Å²) in [4.78, 5) is 30.7. The molecule has 0 atom stereocenters. The highest BCUT2D eigenvalue weighted by molar-refractivity contribution is 6.39. The number of halogens is 2. The number of amides is 1. The van der Waals surface area contributed by atoms with E-state index in [4.69, 9.17) is 28.3 Å². The Hall–Kier alpha value is -3.07. The van der Waals surface area contributed by atoms with Crippen LogP contribution in [0.2, 0.25) is 10.0 Å². The number of anilines is 2. The Morgan fingerprint density at radius 3 is 2.40 bits per heavy atom. The molecule has 0 spiro atoms. The van der Waals surface area contributed by atoms with Gasteiger partial charge in [0, 0.05) is 56.8 Å². The molecule has 1 aromatic heterocycles. The largest absolute Gasteiger partial charge is 0.481 e. The first-order valence-corrected chi connectivity index (χ1v) is 12.1. The molecule has 8 nitrogen and oxygen atoms in total. The van der Waals surface area contributed by atoms with Gasteiger partial charge >= 0.3 is 5.97 Å². The van der Waals surface area contributed by atoms with Crippen LogP contribution >= 0.6 is 23.2 Å². The maximum Gasteiger partial charge on any atom is 0.303 e. The van der Waals surface area contributed by atoms with Gasteiger partial charge in [-0.1, -0.05) is 47.5 Å². The number of benzene rings is 2. The summed E-state index contributed by atoms with van der Waals surface area (Å²) in [5, 5.41) is 15.8. The molecule has 0 radical (unpaired) electrons. The first-order chi connectivity index (χ1) is 16.8. The van der Waals surface area contributed by atoms with Gasteiger partial charge in [-0.05, 0) is 25.1 Å². The summed E-state index contributed by atoms with van der Waals surface area (Å²) >= 11 is 13.3. The number of nitrogens with zero attached hydrogens (tertiary/aromatic N) is 3. The molecule has 1 aliphatic heterocycles. The number of carbonyl (C=O) groups excluding carboxylic acids is 1. The number of carboxylic acid groups (broad SMARTS) is 1. The Balaban J connectivity index is 1.53. The van der Waals surface area contributed by atoms with E-state index in [0.29, 0.717) is 46.6 Å². The molecule has 4 rings (SSSR count). The Labute approximate surface area is 213 Å². The van der Waals surface area contributed by atoms with Crippen molar-refractivity contribution in [3.63, 3.8) is 0 Å². The van der Waals surface area contributed by atoms with Gasteiger partial charge in [0.2, 0.25) is 0 Å². The molecule has 2 aromatic carbocycles. The van der Waals surface area contributed by atoms with Gasteiger partial charge in [0.25, 0.3) is 5.91 Å². The normalized spacial score (nSPS) is 13.4. The molecule has 0 fully saturated rings. The number of carbonyl (C=O) groups is 2. The van der Waals surface area contributed by atoms with E-state index in [2.05, 4.69) is 20.5 Å². The SMILES string of the molecule is CNc1cccc(-c2cccc(NC(=O)c3nc4c(n3C)CCN(CCCC(=O)O)C4)c2Cl)c1Cl. The second-order valence-electron chi connectivity index (χ2n) is 8.45. The van der Waals surface area contributed by atoms with Crippen LogP contribution in [0, 0.1) is 0 Å². The molecule has 0 saturated carbocycles. The van der Waals surface area contributed by atoms with Crippen LogP contribution < -0.4 is 10.6 Å². The van der Waals surface area contributed by atoms with Crippen molar-refractivity contribution in [2.24, 2.45) is 7.05 Å². The van der Waals surface area contributed by atoms with E-state index in [1.54, 1.807) is 13.1 Å². The molecule has 0 aliphatic carbocycles. The summed E-state index contributed by atoms with van der Waals surface area (Å²) in [5.74, 6) is -0.841. The van der Waals surface area contributed by atoms with Crippen molar-refractivity contribution in [1.82, 2.24) is 14.5 Å². The van der Waals surface area contributed by atoms with E-state index in [0.717, 1.165) is 35.6 Å². The van der Waals surface area contributed by atoms with Crippen LogP contribution in [-0.2, 0) is 24.8 Å². The zero-order valence-corrected chi connectivity index (χ0v) is 21.1. The number of aliphatic carboxylic acids is 1. The molecule has 0 unspecified atom stereocenters. The predicted molar refractivity (Wildman–Crippen MR) is 138 cm³/mol. The standard InChI is InChI=1S/C25H27Cl2N5O3/c1-28-17-8-3-6-15(22(17)26)16-7-4-9-18(23(16)27)30-25(35)24-29-19-14-32(12-5-10-21(33)34)13-11-20(19)31(24)2/h3-4,6-9,28H,5,10-14H2,1-2H3,(H,30,35)(H,33,34). The molecule has 3 aromatic rings. The van der Waals surface area contributed by atoms with Crippen molar-refractivity contribution in [2.45, 2.75) is 25.8 Å². The molecule has 10 heteroatoms. The van der Waals surface area contributed by atoms with E-state index in [-0.39, 0.29) is 12.3 Å². The van der Waals surface area contributed by atoms with Crippen LogP contribution in [0.3, 0.4) is 0 Å². The monoisotopic (exact) mass is 515 g/mol. The third kappa shape index (κ3) is 5.29. The molecule has 1 aliphatic rings. The lowest BCUT2D eigenvalue weighted by Crippen LogP contribution is -2.32. The predicted octanol–water partition coefficient (Wildman–Crippen LogP) is 4.91. The van der Waals surface area contributed by atoms with Crippen molar-refractivity contribution < 1.29 is 14.7 Å². The molecule has 0 saturated heterocycles. The summed E-state index contributed by atoms with van der Waals surface area (Å²) < 4.78 is 1.82. The fraction of sp³-hybridized carbons (Fsp3) is 0.320.